The third-order valence-electron chi connectivity index (χ3n) is 6.82. The van der Waals surface area contributed by atoms with Crippen LogP contribution in [0.25, 0.3) is 6.08 Å². The molecule has 3 aromatic carbocycles. The molecule has 2 fully saturated rings. The Bertz CT molecular complexity index is 1350. The van der Waals surface area contributed by atoms with Crippen molar-refractivity contribution < 1.29 is 23.9 Å². The highest BCUT2D eigenvalue weighted by molar-refractivity contribution is 5.96. The second-order valence-electron chi connectivity index (χ2n) is 10.7. The van der Waals surface area contributed by atoms with Crippen LogP contribution in [0.1, 0.15) is 49.6 Å². The molecule has 0 N–H and O–H groups in total. The zero-order chi connectivity index (χ0) is 27.6. The number of likely N-dealkylation sites (tertiary alicyclic amines) is 1. The van der Waals surface area contributed by atoms with Crippen LogP contribution in [-0.4, -0.2) is 52.0 Å². The molecular formula is C32H32N2O5. The first-order chi connectivity index (χ1) is 18.7. The molecule has 7 nitrogen and oxygen atoms in total. The summed E-state index contributed by atoms with van der Waals surface area (Å²) in [6, 6.07) is 26.9. The van der Waals surface area contributed by atoms with Crippen molar-refractivity contribution in [2.45, 2.75) is 50.6 Å². The van der Waals surface area contributed by atoms with Crippen LogP contribution in [-0.2, 0) is 19.1 Å². The highest BCUT2D eigenvalue weighted by Crippen LogP contribution is 2.47. The van der Waals surface area contributed by atoms with E-state index in [0.29, 0.717) is 0 Å². The standard InChI is InChI=1S/C32H32N2O5/c1-32(2,3)39-26(35)21-33-25(20-19-22-13-7-4-8-14-22)28(30(33)36)34-27(23-15-9-5-10-16-23)29(38-31(34)37)24-17-11-6-12-18-24/h4-20,25,27-29H,21H2,1-3H3/b20-19+/t25-,27?,28+,29?/m1/s1. The first-order valence-electron chi connectivity index (χ1n) is 13.1. The third kappa shape index (κ3) is 5.58. The van der Waals surface area contributed by atoms with Gasteiger partial charge in [0.1, 0.15) is 24.2 Å². The summed E-state index contributed by atoms with van der Waals surface area (Å²) in [5.74, 6) is -0.826. The van der Waals surface area contributed by atoms with Crippen LogP contribution in [0.15, 0.2) is 97.1 Å². The van der Waals surface area contributed by atoms with Gasteiger partial charge in [0.15, 0.2) is 6.10 Å². The normalized spacial score (nSPS) is 23.1. The van der Waals surface area contributed by atoms with E-state index in [0.717, 1.165) is 16.7 Å². The molecule has 2 aliphatic rings. The van der Waals surface area contributed by atoms with Crippen LogP contribution >= 0.6 is 0 Å². The zero-order valence-electron chi connectivity index (χ0n) is 22.3. The molecule has 5 rings (SSSR count). The van der Waals surface area contributed by atoms with Gasteiger partial charge in [0, 0.05) is 0 Å². The van der Waals surface area contributed by atoms with Gasteiger partial charge >= 0.3 is 12.1 Å². The minimum atomic E-state index is -0.834. The molecule has 0 aliphatic carbocycles. The second kappa shape index (κ2) is 10.8. The molecule has 3 aromatic rings. The van der Waals surface area contributed by atoms with Gasteiger partial charge in [-0.2, -0.15) is 0 Å². The maximum absolute atomic E-state index is 13.7. The number of ether oxygens (including phenoxy) is 2. The van der Waals surface area contributed by atoms with Gasteiger partial charge in [0.25, 0.3) is 0 Å². The van der Waals surface area contributed by atoms with E-state index in [2.05, 4.69) is 0 Å². The van der Waals surface area contributed by atoms with Gasteiger partial charge in [0.2, 0.25) is 5.91 Å². The summed E-state index contributed by atoms with van der Waals surface area (Å²) in [6.45, 7) is 5.14. The molecule has 2 saturated heterocycles. The van der Waals surface area contributed by atoms with Crippen molar-refractivity contribution in [2.75, 3.05) is 6.54 Å². The number of benzene rings is 3. The van der Waals surface area contributed by atoms with Crippen LogP contribution in [0, 0.1) is 0 Å². The minimum absolute atomic E-state index is 0.211. The molecule has 0 radical (unpaired) electrons. The molecule has 39 heavy (non-hydrogen) atoms. The van der Waals surface area contributed by atoms with E-state index < -0.39 is 41.9 Å². The second-order valence-corrected chi connectivity index (χ2v) is 10.7. The lowest BCUT2D eigenvalue weighted by Gasteiger charge is -2.49. The van der Waals surface area contributed by atoms with Gasteiger partial charge < -0.3 is 14.4 Å². The quantitative estimate of drug-likeness (QED) is 0.299. The predicted octanol–water partition coefficient (Wildman–Crippen LogP) is 5.56. The number of rotatable bonds is 7. The third-order valence-corrected chi connectivity index (χ3v) is 6.82. The van der Waals surface area contributed by atoms with Crippen molar-refractivity contribution in [1.82, 2.24) is 9.80 Å². The molecule has 2 heterocycles. The minimum Gasteiger partial charge on any atom is -0.459 e. The van der Waals surface area contributed by atoms with Crippen molar-refractivity contribution in [2.24, 2.45) is 0 Å². The number of amides is 2. The monoisotopic (exact) mass is 524 g/mol. The zero-order valence-corrected chi connectivity index (χ0v) is 22.3. The van der Waals surface area contributed by atoms with Crippen molar-refractivity contribution in [3.63, 3.8) is 0 Å². The van der Waals surface area contributed by atoms with E-state index in [9.17, 15) is 14.4 Å². The number of hydrogen-bond acceptors (Lipinski definition) is 5. The molecule has 2 aliphatic heterocycles. The van der Waals surface area contributed by atoms with Crippen molar-refractivity contribution in [3.8, 4) is 0 Å². The average molecular weight is 525 g/mol. The Morgan fingerprint density at radius 2 is 1.41 bits per heavy atom. The number of hydrogen-bond donors (Lipinski definition) is 0. The lowest BCUT2D eigenvalue weighted by Crippen LogP contribution is -2.71. The Labute approximate surface area is 228 Å². The maximum Gasteiger partial charge on any atom is 0.411 e. The molecule has 200 valence electrons. The highest BCUT2D eigenvalue weighted by Gasteiger charge is 2.58. The van der Waals surface area contributed by atoms with Crippen LogP contribution in [0.5, 0.6) is 0 Å². The van der Waals surface area contributed by atoms with Gasteiger partial charge in [-0.05, 0) is 37.5 Å². The topological polar surface area (TPSA) is 76.2 Å². The van der Waals surface area contributed by atoms with E-state index >= 15 is 0 Å². The first-order valence-corrected chi connectivity index (χ1v) is 13.1. The molecule has 0 saturated carbocycles. The Balaban J connectivity index is 1.51. The molecule has 2 unspecified atom stereocenters. The molecule has 0 spiro atoms. The Morgan fingerprint density at radius 3 is 2.00 bits per heavy atom. The fourth-order valence-corrected chi connectivity index (χ4v) is 5.17. The maximum atomic E-state index is 13.7. The lowest BCUT2D eigenvalue weighted by molar-refractivity contribution is -0.168. The molecule has 0 aromatic heterocycles. The molecule has 0 bridgehead atoms. The van der Waals surface area contributed by atoms with Gasteiger partial charge in [0.05, 0.1) is 6.04 Å². The van der Waals surface area contributed by atoms with E-state index in [1.165, 1.54) is 4.90 Å². The van der Waals surface area contributed by atoms with Crippen molar-refractivity contribution in [3.05, 3.63) is 114 Å². The summed E-state index contributed by atoms with van der Waals surface area (Å²) in [5, 5.41) is 0. The fraction of sp³-hybridized carbons (Fsp3) is 0.281. The summed E-state index contributed by atoms with van der Waals surface area (Å²) in [6.07, 6.45) is 2.62. The Hall–Kier alpha value is -4.39. The fourth-order valence-electron chi connectivity index (χ4n) is 5.17. The van der Waals surface area contributed by atoms with Crippen LogP contribution in [0.4, 0.5) is 4.79 Å². The number of cyclic esters (lactones) is 1. The molecule has 2 amide bonds. The Kier molecular flexibility index (Phi) is 7.24. The lowest BCUT2D eigenvalue weighted by atomic mass is 9.88. The first kappa shape index (κ1) is 26.2. The molecule has 4 atom stereocenters. The summed E-state index contributed by atoms with van der Waals surface area (Å²) < 4.78 is 11.4. The van der Waals surface area contributed by atoms with E-state index in [1.807, 2.05) is 103 Å². The number of esters is 1. The van der Waals surface area contributed by atoms with Gasteiger partial charge in [-0.3, -0.25) is 14.5 Å². The highest BCUT2D eigenvalue weighted by atomic mass is 16.6. The van der Waals surface area contributed by atoms with Crippen molar-refractivity contribution in [1.29, 1.82) is 0 Å². The number of nitrogens with zero attached hydrogens (tertiary/aromatic N) is 2. The van der Waals surface area contributed by atoms with Crippen LogP contribution in [0.2, 0.25) is 0 Å². The van der Waals surface area contributed by atoms with E-state index in [-0.39, 0.29) is 12.5 Å². The summed E-state index contributed by atoms with van der Waals surface area (Å²) in [7, 11) is 0. The van der Waals surface area contributed by atoms with Gasteiger partial charge in [-0.1, -0.05) is 103 Å². The van der Waals surface area contributed by atoms with Crippen LogP contribution < -0.4 is 0 Å². The molecule has 7 heteroatoms. The van der Waals surface area contributed by atoms with Gasteiger partial charge in [-0.25, -0.2) is 4.79 Å². The largest absolute Gasteiger partial charge is 0.459 e. The summed E-state index contributed by atoms with van der Waals surface area (Å²) in [5.41, 5.74) is 1.97. The van der Waals surface area contributed by atoms with E-state index in [4.69, 9.17) is 9.47 Å². The number of β-lactam (4-membered cyclic amide) rings is 1. The van der Waals surface area contributed by atoms with E-state index in [1.54, 1.807) is 25.7 Å². The summed E-state index contributed by atoms with van der Waals surface area (Å²) >= 11 is 0. The average Bonchev–Trinajstić information content (AvgIpc) is 3.26. The SMILES string of the molecule is CC(C)(C)OC(=O)CN1C(=O)[C@@H](N2C(=O)OC(c3ccccc3)C2c2ccccc2)[C@H]1/C=C/c1ccccc1. The van der Waals surface area contributed by atoms with Crippen molar-refractivity contribution >= 4 is 24.0 Å². The smallest absolute Gasteiger partial charge is 0.411 e. The number of carbonyl (C=O) groups is 3. The molecular weight excluding hydrogens is 492 g/mol. The predicted molar refractivity (Wildman–Crippen MR) is 147 cm³/mol. The summed E-state index contributed by atoms with van der Waals surface area (Å²) in [4.78, 5) is 42.8. The number of carbonyl (C=O) groups excluding carboxylic acids is 3. The van der Waals surface area contributed by atoms with Crippen LogP contribution in [0.3, 0.4) is 0 Å². The van der Waals surface area contributed by atoms with Gasteiger partial charge in [-0.15, -0.1) is 0 Å². The Morgan fingerprint density at radius 1 is 0.846 bits per heavy atom.